The molecule has 0 aliphatic heterocycles. The number of aromatic hydroxyl groups is 4. The Morgan fingerprint density at radius 2 is 0.625 bits per heavy atom. The molecule has 8 heteroatoms. The lowest BCUT2D eigenvalue weighted by molar-refractivity contribution is 0.465. The third-order valence-corrected chi connectivity index (χ3v) is 9.88. The van der Waals surface area contributed by atoms with Crippen molar-refractivity contribution < 1.29 is 20.4 Å². The van der Waals surface area contributed by atoms with Gasteiger partial charge in [-0.3, -0.25) is 0 Å². The Morgan fingerprint density at radius 1 is 0.425 bits per heavy atom. The van der Waals surface area contributed by atoms with Crippen molar-refractivity contribution in [1.82, 2.24) is 0 Å². The standard InChI is InChI=1S/C32H30Br4O4/c1-15-7-19(11-25(33)29(15)37)23(20-8-16(2)30(38)26(34)12-20)5-6-24(21-9-17(3)31(39)27(35)13-21)22-10-18(4)32(40)28(36)14-22/h7-14,23-24,37-40H,5-6H2,1-4H3. The molecule has 210 valence electrons. The van der Waals surface area contributed by atoms with E-state index in [2.05, 4.69) is 63.7 Å². The van der Waals surface area contributed by atoms with Gasteiger partial charge in [0.15, 0.2) is 0 Å². The fourth-order valence-electron chi connectivity index (χ4n) is 5.24. The van der Waals surface area contributed by atoms with E-state index in [1.807, 2.05) is 76.2 Å². The van der Waals surface area contributed by atoms with Gasteiger partial charge in [0, 0.05) is 11.8 Å². The molecule has 4 rings (SSSR count). The van der Waals surface area contributed by atoms with Crippen molar-refractivity contribution in [3.05, 3.63) is 111 Å². The second-order valence-corrected chi connectivity index (χ2v) is 13.8. The Labute approximate surface area is 268 Å². The summed E-state index contributed by atoms with van der Waals surface area (Å²) in [5, 5.41) is 41.7. The van der Waals surface area contributed by atoms with Crippen molar-refractivity contribution in [2.24, 2.45) is 0 Å². The van der Waals surface area contributed by atoms with Gasteiger partial charge in [0.2, 0.25) is 0 Å². The van der Waals surface area contributed by atoms with E-state index in [4.69, 9.17) is 0 Å². The summed E-state index contributed by atoms with van der Waals surface area (Å²) in [6, 6.07) is 15.9. The first-order chi connectivity index (χ1) is 18.8. The smallest absolute Gasteiger partial charge is 0.132 e. The van der Waals surface area contributed by atoms with Crippen molar-refractivity contribution in [3.63, 3.8) is 0 Å². The molecule has 0 atom stereocenters. The van der Waals surface area contributed by atoms with Crippen molar-refractivity contribution >= 4 is 63.7 Å². The SMILES string of the molecule is Cc1cc(C(CCC(c2cc(C)c(O)c(Br)c2)c2cc(C)c(O)c(Br)c2)c2cc(C)c(O)c(Br)c2)cc(Br)c1O. The van der Waals surface area contributed by atoms with Crippen molar-refractivity contribution in [3.8, 4) is 23.0 Å². The third kappa shape index (κ3) is 6.40. The molecule has 0 aromatic heterocycles. The molecule has 0 heterocycles. The Kier molecular flexibility index (Phi) is 9.65. The van der Waals surface area contributed by atoms with Gasteiger partial charge in [-0.15, -0.1) is 0 Å². The van der Waals surface area contributed by atoms with Crippen molar-refractivity contribution in [2.75, 3.05) is 0 Å². The molecule has 0 saturated heterocycles. The molecule has 0 aliphatic carbocycles. The molecule has 0 saturated carbocycles. The molecule has 0 fully saturated rings. The number of benzene rings is 4. The van der Waals surface area contributed by atoms with Gasteiger partial charge in [-0.2, -0.15) is 0 Å². The first-order valence-electron chi connectivity index (χ1n) is 12.7. The molecule has 0 aliphatic rings. The largest absolute Gasteiger partial charge is 0.506 e. The van der Waals surface area contributed by atoms with Crippen LogP contribution in [0.2, 0.25) is 0 Å². The zero-order valence-corrected chi connectivity index (χ0v) is 28.8. The quantitative estimate of drug-likeness (QED) is 0.150. The van der Waals surface area contributed by atoms with Crippen molar-refractivity contribution in [2.45, 2.75) is 52.4 Å². The molecule has 0 spiro atoms. The number of halogens is 4. The van der Waals surface area contributed by atoms with Gasteiger partial charge in [-0.25, -0.2) is 0 Å². The first kappa shape index (κ1) is 30.9. The van der Waals surface area contributed by atoms with Crippen LogP contribution in [0.25, 0.3) is 0 Å². The molecule has 0 radical (unpaired) electrons. The maximum Gasteiger partial charge on any atom is 0.132 e. The van der Waals surface area contributed by atoms with Crippen LogP contribution in [-0.4, -0.2) is 20.4 Å². The van der Waals surface area contributed by atoms with E-state index in [1.54, 1.807) is 0 Å². The molecule has 0 amide bonds. The molecule has 0 bridgehead atoms. The topological polar surface area (TPSA) is 80.9 Å². The fraction of sp³-hybridized carbons (Fsp3) is 0.250. The summed E-state index contributed by atoms with van der Waals surface area (Å²) in [5.74, 6) is 0.790. The summed E-state index contributed by atoms with van der Waals surface area (Å²) < 4.78 is 2.54. The molecule has 0 unspecified atom stereocenters. The van der Waals surface area contributed by atoms with E-state index in [1.165, 1.54) is 0 Å². The van der Waals surface area contributed by atoms with E-state index >= 15 is 0 Å². The molecular weight excluding hydrogens is 768 g/mol. The average Bonchev–Trinajstić information content (AvgIpc) is 2.89. The van der Waals surface area contributed by atoms with E-state index in [0.29, 0.717) is 17.9 Å². The van der Waals surface area contributed by atoms with Crippen LogP contribution in [0, 0.1) is 27.7 Å². The van der Waals surface area contributed by atoms with Gasteiger partial charge in [0.1, 0.15) is 23.0 Å². The van der Waals surface area contributed by atoms with Crippen LogP contribution in [0.1, 0.15) is 69.2 Å². The number of aryl methyl sites for hydroxylation is 4. The average molecular weight is 798 g/mol. The summed E-state index contributed by atoms with van der Waals surface area (Å²) in [7, 11) is 0. The second-order valence-electron chi connectivity index (χ2n) is 10.4. The fourth-order valence-corrected chi connectivity index (χ4v) is 7.55. The van der Waals surface area contributed by atoms with Gasteiger partial charge >= 0.3 is 0 Å². The zero-order chi connectivity index (χ0) is 29.5. The van der Waals surface area contributed by atoms with Crippen LogP contribution in [0.3, 0.4) is 0 Å². The van der Waals surface area contributed by atoms with Crippen LogP contribution in [-0.2, 0) is 0 Å². The predicted molar refractivity (Wildman–Crippen MR) is 175 cm³/mol. The highest BCUT2D eigenvalue weighted by Gasteiger charge is 2.24. The monoisotopic (exact) mass is 794 g/mol. The minimum absolute atomic E-state index is 0.0444. The van der Waals surface area contributed by atoms with Gasteiger partial charge in [0.05, 0.1) is 17.9 Å². The van der Waals surface area contributed by atoms with Gasteiger partial charge < -0.3 is 20.4 Å². The molecular formula is C32H30Br4O4. The lowest BCUT2D eigenvalue weighted by Gasteiger charge is -2.26. The molecule has 4 nitrogen and oxygen atoms in total. The van der Waals surface area contributed by atoms with Crippen LogP contribution in [0.5, 0.6) is 23.0 Å². The Balaban J connectivity index is 1.85. The normalized spacial score (nSPS) is 11.6. The highest BCUT2D eigenvalue weighted by molar-refractivity contribution is 9.11. The minimum atomic E-state index is -0.0444. The number of hydrogen-bond acceptors (Lipinski definition) is 4. The lowest BCUT2D eigenvalue weighted by Crippen LogP contribution is -2.09. The van der Waals surface area contributed by atoms with E-state index < -0.39 is 0 Å². The van der Waals surface area contributed by atoms with Gasteiger partial charge in [-0.1, -0.05) is 24.3 Å². The highest BCUT2D eigenvalue weighted by atomic mass is 79.9. The predicted octanol–water partition coefficient (Wildman–Crippen LogP) is 10.5. The summed E-state index contributed by atoms with van der Waals surface area (Å²) in [4.78, 5) is 0. The Morgan fingerprint density at radius 3 is 0.800 bits per heavy atom. The maximum atomic E-state index is 10.4. The first-order valence-corrected chi connectivity index (χ1v) is 15.9. The number of hydrogen-bond donors (Lipinski definition) is 4. The molecule has 4 N–H and O–H groups in total. The summed E-state index contributed by atoms with van der Waals surface area (Å²) in [5.41, 5.74) is 7.28. The molecule has 4 aromatic carbocycles. The van der Waals surface area contributed by atoms with Crippen LogP contribution < -0.4 is 0 Å². The van der Waals surface area contributed by atoms with Crippen LogP contribution >= 0.6 is 63.7 Å². The molecule has 4 aromatic rings. The zero-order valence-electron chi connectivity index (χ0n) is 22.5. The minimum Gasteiger partial charge on any atom is -0.506 e. The second kappa shape index (κ2) is 12.5. The van der Waals surface area contributed by atoms with E-state index in [-0.39, 0.29) is 34.8 Å². The lowest BCUT2D eigenvalue weighted by atomic mass is 9.80. The van der Waals surface area contributed by atoms with Crippen LogP contribution in [0.4, 0.5) is 0 Å². The van der Waals surface area contributed by atoms with E-state index in [9.17, 15) is 20.4 Å². The van der Waals surface area contributed by atoms with E-state index in [0.717, 1.165) is 57.3 Å². The number of phenolic OH excluding ortho intramolecular Hbond substituents is 4. The summed E-state index contributed by atoms with van der Waals surface area (Å²) in [6.07, 6.45) is 1.49. The summed E-state index contributed by atoms with van der Waals surface area (Å²) >= 11 is 14.1. The maximum absolute atomic E-state index is 10.4. The van der Waals surface area contributed by atoms with Crippen molar-refractivity contribution in [1.29, 1.82) is 0 Å². The molecule has 40 heavy (non-hydrogen) atoms. The van der Waals surface area contributed by atoms with Gasteiger partial charge in [-0.05, 0) is 173 Å². The number of rotatable bonds is 7. The van der Waals surface area contributed by atoms with Gasteiger partial charge in [0.25, 0.3) is 0 Å². The number of phenols is 4. The summed E-state index contributed by atoms with van der Waals surface area (Å²) in [6.45, 7) is 7.54. The highest BCUT2D eigenvalue weighted by Crippen LogP contribution is 2.44. The Bertz CT molecular complexity index is 1270. The third-order valence-electron chi connectivity index (χ3n) is 7.46. The van der Waals surface area contributed by atoms with Crippen LogP contribution in [0.15, 0.2) is 66.4 Å². The Hall–Kier alpha value is -2.00.